The number of benzene rings is 1. The van der Waals surface area contributed by atoms with E-state index in [9.17, 15) is 9.59 Å². The summed E-state index contributed by atoms with van der Waals surface area (Å²) in [4.78, 5) is 32.7. The van der Waals surface area contributed by atoms with Gasteiger partial charge in [0, 0.05) is 32.7 Å². The van der Waals surface area contributed by atoms with Crippen molar-refractivity contribution in [2.75, 3.05) is 39.8 Å². The Bertz CT molecular complexity index is 804. The number of urea groups is 1. The van der Waals surface area contributed by atoms with Crippen LogP contribution >= 0.6 is 0 Å². The molecule has 1 N–H and O–H groups in total. The van der Waals surface area contributed by atoms with Crippen LogP contribution in [-0.2, 0) is 11.3 Å². The number of carbonyl (C=O) groups excluding carboxylic acids is 2. The summed E-state index contributed by atoms with van der Waals surface area (Å²) in [5, 5.41) is 3.10. The molecule has 0 saturated carbocycles. The minimum Gasteiger partial charge on any atom is -0.497 e. The van der Waals surface area contributed by atoms with Gasteiger partial charge in [-0.3, -0.25) is 14.6 Å². The summed E-state index contributed by atoms with van der Waals surface area (Å²) in [6.45, 7) is 9.72. The number of rotatable bonds is 6. The molecule has 3 aliphatic rings. The molecule has 3 heterocycles. The maximum absolute atomic E-state index is 13.5. The molecule has 0 radical (unpaired) electrons. The Morgan fingerprint density at radius 2 is 1.94 bits per heavy atom. The SMILES string of the molecule is COc1cccc(CN2CCCC(N3C(=O)NC4(CCN(CC(C)C)CC4)C3=O)C2)c1. The van der Waals surface area contributed by atoms with Crippen LogP contribution in [0.3, 0.4) is 0 Å². The van der Waals surface area contributed by atoms with Crippen molar-refractivity contribution in [2.45, 2.75) is 57.7 Å². The summed E-state index contributed by atoms with van der Waals surface area (Å²) in [6, 6.07) is 7.84. The highest BCUT2D eigenvalue weighted by Crippen LogP contribution is 2.33. The van der Waals surface area contributed by atoms with E-state index in [-0.39, 0.29) is 18.0 Å². The first-order valence-electron chi connectivity index (χ1n) is 11.6. The van der Waals surface area contributed by atoms with E-state index in [2.05, 4.69) is 41.1 Å². The number of nitrogens with zero attached hydrogens (tertiary/aromatic N) is 3. The zero-order valence-corrected chi connectivity index (χ0v) is 19.1. The van der Waals surface area contributed by atoms with Crippen LogP contribution in [0.4, 0.5) is 4.79 Å². The summed E-state index contributed by atoms with van der Waals surface area (Å²) in [7, 11) is 1.68. The van der Waals surface area contributed by atoms with Crippen molar-refractivity contribution in [1.29, 1.82) is 0 Å². The molecule has 170 valence electrons. The molecule has 3 aliphatic heterocycles. The molecule has 1 aromatic rings. The normalized spacial score (nSPS) is 24.8. The summed E-state index contributed by atoms with van der Waals surface area (Å²) >= 11 is 0. The van der Waals surface area contributed by atoms with Crippen LogP contribution in [-0.4, -0.2) is 78.1 Å². The number of methoxy groups -OCH3 is 1. The van der Waals surface area contributed by atoms with Crippen molar-refractivity contribution in [1.82, 2.24) is 20.0 Å². The van der Waals surface area contributed by atoms with Gasteiger partial charge < -0.3 is 15.0 Å². The fraction of sp³-hybridized carbons (Fsp3) is 0.667. The van der Waals surface area contributed by atoms with E-state index in [1.165, 1.54) is 5.56 Å². The van der Waals surface area contributed by atoms with Crippen LogP contribution in [0, 0.1) is 5.92 Å². The van der Waals surface area contributed by atoms with E-state index >= 15 is 0 Å². The highest BCUT2D eigenvalue weighted by atomic mass is 16.5. The van der Waals surface area contributed by atoms with Gasteiger partial charge >= 0.3 is 6.03 Å². The summed E-state index contributed by atoms with van der Waals surface area (Å²) in [6.07, 6.45) is 3.28. The van der Waals surface area contributed by atoms with E-state index in [0.29, 0.717) is 18.8 Å². The van der Waals surface area contributed by atoms with Gasteiger partial charge in [0.2, 0.25) is 0 Å². The maximum Gasteiger partial charge on any atom is 0.325 e. The molecule has 7 heteroatoms. The standard InChI is InChI=1S/C24H36N4O3/c1-18(2)15-26-12-9-24(10-13-26)22(29)28(23(30)25-24)20-7-5-11-27(17-20)16-19-6-4-8-21(14-19)31-3/h4,6,8,14,18,20H,5,7,9-13,15-17H2,1-3H3,(H,25,30). The van der Waals surface area contributed by atoms with Gasteiger partial charge in [0.15, 0.2) is 0 Å². The zero-order valence-electron chi connectivity index (χ0n) is 19.1. The topological polar surface area (TPSA) is 65.1 Å². The van der Waals surface area contributed by atoms with E-state index in [1.807, 2.05) is 12.1 Å². The van der Waals surface area contributed by atoms with Crippen LogP contribution in [0.1, 0.15) is 45.1 Å². The number of likely N-dealkylation sites (tertiary alicyclic amines) is 2. The van der Waals surface area contributed by atoms with Gasteiger partial charge in [0.1, 0.15) is 11.3 Å². The highest BCUT2D eigenvalue weighted by molar-refractivity contribution is 6.07. The molecule has 0 bridgehead atoms. The molecule has 0 aliphatic carbocycles. The number of nitrogens with one attached hydrogen (secondary N) is 1. The molecule has 1 unspecified atom stereocenters. The summed E-state index contributed by atoms with van der Waals surface area (Å²) < 4.78 is 5.34. The molecule has 0 aromatic heterocycles. The number of hydrogen-bond donors (Lipinski definition) is 1. The largest absolute Gasteiger partial charge is 0.497 e. The van der Waals surface area contributed by atoms with Crippen molar-refractivity contribution in [3.63, 3.8) is 0 Å². The van der Waals surface area contributed by atoms with Crippen LogP contribution in [0.15, 0.2) is 24.3 Å². The average Bonchev–Trinajstić information content (AvgIpc) is 2.99. The number of hydrogen-bond acceptors (Lipinski definition) is 5. The number of carbonyl (C=O) groups is 2. The highest BCUT2D eigenvalue weighted by Gasteiger charge is 2.54. The van der Waals surface area contributed by atoms with E-state index < -0.39 is 5.54 Å². The molecule has 1 aromatic carbocycles. The van der Waals surface area contributed by atoms with Crippen LogP contribution < -0.4 is 10.1 Å². The molecule has 4 rings (SSSR count). The molecule has 1 spiro atoms. The lowest BCUT2D eigenvalue weighted by Gasteiger charge is -2.39. The maximum atomic E-state index is 13.5. The lowest BCUT2D eigenvalue weighted by molar-refractivity contribution is -0.135. The zero-order chi connectivity index (χ0) is 22.0. The van der Waals surface area contributed by atoms with Crippen molar-refractivity contribution in [3.8, 4) is 5.75 Å². The predicted octanol–water partition coefficient (Wildman–Crippen LogP) is 2.70. The molecule has 3 amide bonds. The minimum atomic E-state index is -0.695. The van der Waals surface area contributed by atoms with Gasteiger partial charge in [-0.05, 0) is 55.8 Å². The van der Waals surface area contributed by atoms with Crippen LogP contribution in [0.2, 0.25) is 0 Å². The molecule has 3 saturated heterocycles. The Kier molecular flexibility index (Phi) is 6.53. The Labute approximate surface area is 185 Å². The second-order valence-electron chi connectivity index (χ2n) is 9.76. The number of ether oxygens (including phenoxy) is 1. The lowest BCUT2D eigenvalue weighted by Crippen LogP contribution is -2.56. The van der Waals surface area contributed by atoms with Crippen LogP contribution in [0.5, 0.6) is 5.75 Å². The number of amides is 3. The Morgan fingerprint density at radius 1 is 1.16 bits per heavy atom. The summed E-state index contributed by atoms with van der Waals surface area (Å²) in [5.41, 5.74) is 0.491. The van der Waals surface area contributed by atoms with Crippen molar-refractivity contribution >= 4 is 11.9 Å². The number of imide groups is 1. The predicted molar refractivity (Wildman–Crippen MR) is 120 cm³/mol. The molecular weight excluding hydrogens is 392 g/mol. The lowest BCUT2D eigenvalue weighted by atomic mass is 9.86. The quantitative estimate of drug-likeness (QED) is 0.706. The van der Waals surface area contributed by atoms with Crippen molar-refractivity contribution in [2.24, 2.45) is 5.92 Å². The molecule has 3 fully saturated rings. The van der Waals surface area contributed by atoms with E-state index in [0.717, 1.165) is 57.9 Å². The van der Waals surface area contributed by atoms with E-state index in [1.54, 1.807) is 12.0 Å². The molecule has 1 atom stereocenters. The van der Waals surface area contributed by atoms with Crippen LogP contribution in [0.25, 0.3) is 0 Å². The third kappa shape index (κ3) is 4.72. The third-order valence-corrected chi connectivity index (χ3v) is 6.91. The van der Waals surface area contributed by atoms with Gasteiger partial charge in [-0.2, -0.15) is 0 Å². The second-order valence-corrected chi connectivity index (χ2v) is 9.76. The van der Waals surface area contributed by atoms with Crippen molar-refractivity contribution < 1.29 is 14.3 Å². The van der Waals surface area contributed by atoms with Gasteiger partial charge in [-0.15, -0.1) is 0 Å². The van der Waals surface area contributed by atoms with E-state index in [4.69, 9.17) is 4.74 Å². The Balaban J connectivity index is 1.39. The Morgan fingerprint density at radius 3 is 2.65 bits per heavy atom. The number of piperidine rings is 2. The molecular formula is C24H36N4O3. The van der Waals surface area contributed by atoms with Gasteiger partial charge in [-0.25, -0.2) is 4.79 Å². The average molecular weight is 429 g/mol. The smallest absolute Gasteiger partial charge is 0.325 e. The fourth-order valence-electron chi connectivity index (χ4n) is 5.36. The first-order chi connectivity index (χ1) is 14.9. The second kappa shape index (κ2) is 9.17. The van der Waals surface area contributed by atoms with Gasteiger partial charge in [-0.1, -0.05) is 26.0 Å². The molecule has 7 nitrogen and oxygen atoms in total. The minimum absolute atomic E-state index is 0.00470. The fourth-order valence-corrected chi connectivity index (χ4v) is 5.36. The molecule has 31 heavy (non-hydrogen) atoms. The Hall–Kier alpha value is -2.12. The monoisotopic (exact) mass is 428 g/mol. The van der Waals surface area contributed by atoms with Crippen molar-refractivity contribution in [3.05, 3.63) is 29.8 Å². The van der Waals surface area contributed by atoms with Gasteiger partial charge in [0.25, 0.3) is 5.91 Å². The first-order valence-corrected chi connectivity index (χ1v) is 11.6. The first kappa shape index (κ1) is 22.1. The van der Waals surface area contributed by atoms with Gasteiger partial charge in [0.05, 0.1) is 13.2 Å². The third-order valence-electron chi connectivity index (χ3n) is 6.91. The summed E-state index contributed by atoms with van der Waals surface area (Å²) in [5.74, 6) is 1.46.